The fraction of sp³-hybridized carbons (Fsp3) is 0.435. The first kappa shape index (κ1) is 23.8. The van der Waals surface area contributed by atoms with Crippen LogP contribution in [-0.4, -0.2) is 53.0 Å². The van der Waals surface area contributed by atoms with Crippen LogP contribution in [-0.2, 0) is 0 Å². The van der Waals surface area contributed by atoms with Gasteiger partial charge in [0.25, 0.3) is 11.5 Å². The van der Waals surface area contributed by atoms with Gasteiger partial charge in [-0.3, -0.25) is 19.8 Å². The van der Waals surface area contributed by atoms with E-state index in [0.717, 1.165) is 41.8 Å². The molecular formula is C23H25Cl2N5O2S2. The Hall–Kier alpha value is -1.91. The largest absolute Gasteiger partial charge is 0.359 e. The number of carbonyl (C=O) groups excluding carboxylic acids is 1. The summed E-state index contributed by atoms with van der Waals surface area (Å²) < 4.78 is 0. The van der Waals surface area contributed by atoms with Crippen LogP contribution in [0.5, 0.6) is 0 Å². The number of aromatic amines is 1. The molecule has 2 N–H and O–H groups in total. The highest BCUT2D eigenvalue weighted by molar-refractivity contribution is 7.21. The van der Waals surface area contributed by atoms with E-state index in [0.29, 0.717) is 16.2 Å². The van der Waals surface area contributed by atoms with Gasteiger partial charge in [0.05, 0.1) is 15.5 Å². The number of nitrogens with zero attached hydrogens (tertiary/aromatic N) is 3. The van der Waals surface area contributed by atoms with Crippen LogP contribution >= 0.6 is 45.9 Å². The van der Waals surface area contributed by atoms with Gasteiger partial charge in [-0.1, -0.05) is 53.8 Å². The SMILES string of the molecule is O=C(Nc1nc(-c2cc(Cl)cs2)c(N2CCN(C3CCCCC3)CC2)s1)c1c[nH]c(=O)c(Cl)c1. The summed E-state index contributed by atoms with van der Waals surface area (Å²) in [6.45, 7) is 3.91. The van der Waals surface area contributed by atoms with Crippen LogP contribution in [0.4, 0.5) is 10.1 Å². The summed E-state index contributed by atoms with van der Waals surface area (Å²) in [7, 11) is 0. The average Bonchev–Trinajstić information content (AvgIpc) is 3.47. The van der Waals surface area contributed by atoms with Crippen LogP contribution in [0.1, 0.15) is 42.5 Å². The molecule has 7 nitrogen and oxygen atoms in total. The molecule has 4 heterocycles. The molecule has 0 aromatic carbocycles. The number of nitrogens with one attached hydrogen (secondary N) is 2. The van der Waals surface area contributed by atoms with Crippen molar-refractivity contribution in [1.82, 2.24) is 14.9 Å². The summed E-state index contributed by atoms with van der Waals surface area (Å²) in [4.78, 5) is 37.5. The molecule has 1 saturated heterocycles. The number of thiazole rings is 1. The van der Waals surface area contributed by atoms with Crippen molar-refractivity contribution in [3.8, 4) is 10.6 Å². The molecule has 1 aliphatic carbocycles. The topological polar surface area (TPSA) is 81.3 Å². The molecule has 1 saturated carbocycles. The third-order valence-electron chi connectivity index (χ3n) is 6.44. The molecule has 0 unspecified atom stereocenters. The summed E-state index contributed by atoms with van der Waals surface area (Å²) in [6.07, 6.45) is 8.01. The third kappa shape index (κ3) is 5.18. The van der Waals surface area contributed by atoms with Crippen molar-refractivity contribution in [2.24, 2.45) is 0 Å². The van der Waals surface area contributed by atoms with Gasteiger partial charge in [0.1, 0.15) is 15.7 Å². The molecule has 2 aliphatic rings. The number of carbonyl (C=O) groups is 1. The number of thiophene rings is 1. The molecule has 5 rings (SSSR count). The molecule has 0 atom stereocenters. The predicted molar refractivity (Wildman–Crippen MR) is 141 cm³/mol. The van der Waals surface area contributed by atoms with E-state index in [4.69, 9.17) is 28.2 Å². The molecule has 11 heteroatoms. The molecule has 0 spiro atoms. The maximum Gasteiger partial charge on any atom is 0.266 e. The fourth-order valence-corrected chi connectivity index (χ4v) is 7.00. The van der Waals surface area contributed by atoms with E-state index < -0.39 is 5.56 Å². The quantitative estimate of drug-likeness (QED) is 0.444. The number of amides is 1. The van der Waals surface area contributed by atoms with Crippen molar-refractivity contribution in [1.29, 1.82) is 0 Å². The number of hydrogen-bond donors (Lipinski definition) is 2. The molecule has 34 heavy (non-hydrogen) atoms. The summed E-state index contributed by atoms with van der Waals surface area (Å²) in [5, 5.41) is 6.94. The van der Waals surface area contributed by atoms with Crippen LogP contribution in [0.3, 0.4) is 0 Å². The minimum atomic E-state index is -0.431. The number of hydrogen-bond acceptors (Lipinski definition) is 7. The van der Waals surface area contributed by atoms with Gasteiger partial charge in [-0.25, -0.2) is 4.98 Å². The Morgan fingerprint density at radius 1 is 1.12 bits per heavy atom. The Morgan fingerprint density at radius 3 is 2.56 bits per heavy atom. The Balaban J connectivity index is 1.36. The molecule has 2 fully saturated rings. The zero-order chi connectivity index (χ0) is 23.7. The second-order valence-corrected chi connectivity index (χ2v) is 11.4. The van der Waals surface area contributed by atoms with Crippen molar-refractivity contribution in [3.63, 3.8) is 0 Å². The van der Waals surface area contributed by atoms with Crippen LogP contribution in [0.25, 0.3) is 10.6 Å². The highest BCUT2D eigenvalue weighted by Gasteiger charge is 2.28. The lowest BCUT2D eigenvalue weighted by atomic mass is 9.94. The minimum absolute atomic E-state index is 0.0303. The third-order valence-corrected chi connectivity index (χ3v) is 9.04. The first-order valence-electron chi connectivity index (χ1n) is 11.4. The maximum absolute atomic E-state index is 12.8. The molecule has 0 radical (unpaired) electrons. The summed E-state index contributed by atoms with van der Waals surface area (Å²) in [5.41, 5.74) is 0.671. The van der Waals surface area contributed by atoms with Gasteiger partial charge < -0.3 is 9.88 Å². The van der Waals surface area contributed by atoms with Gasteiger partial charge >= 0.3 is 0 Å². The van der Waals surface area contributed by atoms with E-state index in [1.165, 1.54) is 55.7 Å². The number of rotatable bonds is 5. The number of aromatic nitrogens is 2. The molecule has 3 aromatic rings. The molecular weight excluding hydrogens is 513 g/mol. The lowest BCUT2D eigenvalue weighted by Gasteiger charge is -2.41. The maximum atomic E-state index is 12.8. The van der Waals surface area contributed by atoms with E-state index in [9.17, 15) is 9.59 Å². The molecule has 1 amide bonds. The first-order chi connectivity index (χ1) is 16.5. The lowest BCUT2D eigenvalue weighted by molar-refractivity contribution is 0.102. The van der Waals surface area contributed by atoms with E-state index in [-0.39, 0.29) is 16.5 Å². The van der Waals surface area contributed by atoms with Crippen LogP contribution in [0.15, 0.2) is 28.5 Å². The molecule has 180 valence electrons. The molecule has 0 bridgehead atoms. The van der Waals surface area contributed by atoms with Gasteiger partial charge in [0, 0.05) is 43.8 Å². The normalized spacial score (nSPS) is 17.8. The number of pyridine rings is 1. The Labute approximate surface area is 215 Å². The number of piperazine rings is 1. The molecule has 3 aromatic heterocycles. The minimum Gasteiger partial charge on any atom is -0.359 e. The van der Waals surface area contributed by atoms with Gasteiger partial charge in [0.15, 0.2) is 5.13 Å². The highest BCUT2D eigenvalue weighted by Crippen LogP contribution is 2.42. The highest BCUT2D eigenvalue weighted by atomic mass is 35.5. The monoisotopic (exact) mass is 537 g/mol. The van der Waals surface area contributed by atoms with Gasteiger partial charge in [-0.2, -0.15) is 0 Å². The standard InChI is InChI=1S/C23H25Cl2N5O2S2/c24-15-11-18(33-13-15)19-22(30-8-6-29(7-9-30)16-4-2-1-3-5-16)34-23(27-19)28-20(31)14-10-17(25)21(32)26-12-14/h10-13,16H,1-9H2,(H,26,32)(H,27,28,31). The van der Waals surface area contributed by atoms with Gasteiger partial charge in [0.2, 0.25) is 0 Å². The Kier molecular flexibility index (Phi) is 7.27. The number of anilines is 2. The predicted octanol–water partition coefficient (Wildman–Crippen LogP) is 5.57. The van der Waals surface area contributed by atoms with Crippen LogP contribution < -0.4 is 15.8 Å². The summed E-state index contributed by atoms with van der Waals surface area (Å²) >= 11 is 15.1. The lowest BCUT2D eigenvalue weighted by Crippen LogP contribution is -2.50. The summed E-state index contributed by atoms with van der Waals surface area (Å²) in [5.74, 6) is -0.378. The van der Waals surface area contributed by atoms with Crippen molar-refractivity contribution >= 4 is 61.9 Å². The van der Waals surface area contributed by atoms with Gasteiger partial charge in [-0.15, -0.1) is 11.3 Å². The Morgan fingerprint density at radius 2 is 1.88 bits per heavy atom. The second-order valence-electron chi connectivity index (χ2n) is 8.64. The first-order valence-corrected chi connectivity index (χ1v) is 13.9. The van der Waals surface area contributed by atoms with Crippen molar-refractivity contribution < 1.29 is 4.79 Å². The van der Waals surface area contributed by atoms with Gasteiger partial charge in [-0.05, 0) is 25.0 Å². The van der Waals surface area contributed by atoms with Crippen molar-refractivity contribution in [3.05, 3.63) is 49.7 Å². The van der Waals surface area contributed by atoms with Crippen molar-refractivity contribution in [2.45, 2.75) is 38.1 Å². The molecule has 1 aliphatic heterocycles. The second kappa shape index (κ2) is 10.4. The zero-order valence-electron chi connectivity index (χ0n) is 18.5. The average molecular weight is 539 g/mol. The smallest absolute Gasteiger partial charge is 0.266 e. The van der Waals surface area contributed by atoms with Crippen LogP contribution in [0, 0.1) is 0 Å². The number of H-pyrrole nitrogens is 1. The summed E-state index contributed by atoms with van der Waals surface area (Å²) in [6, 6.07) is 3.98. The van der Waals surface area contributed by atoms with Crippen molar-refractivity contribution in [2.75, 3.05) is 36.4 Å². The fourth-order valence-electron chi connectivity index (χ4n) is 4.67. The number of halogens is 2. The van der Waals surface area contributed by atoms with E-state index in [1.807, 2.05) is 11.4 Å². The van der Waals surface area contributed by atoms with E-state index >= 15 is 0 Å². The van der Waals surface area contributed by atoms with E-state index in [2.05, 4.69) is 20.1 Å². The Bertz CT molecular complexity index is 1230. The van der Waals surface area contributed by atoms with E-state index in [1.54, 1.807) is 11.3 Å². The van der Waals surface area contributed by atoms with Crippen LogP contribution in [0.2, 0.25) is 10.0 Å². The zero-order valence-corrected chi connectivity index (χ0v) is 21.6.